The molecule has 0 saturated carbocycles. The summed E-state index contributed by atoms with van der Waals surface area (Å²) < 4.78 is 6.63. The van der Waals surface area contributed by atoms with Gasteiger partial charge in [0.1, 0.15) is 5.00 Å². The van der Waals surface area contributed by atoms with Gasteiger partial charge in [0.05, 0.1) is 40.0 Å². The number of nitrogens with zero attached hydrogens (tertiary/aromatic N) is 3. The minimum atomic E-state index is -0.688. The SMILES string of the molecule is COC(=O)c1c(NC(=O)c2cc(-c3c(C)nn(C)c3C)nc3ccccc23)sc(C(N)=O)c1C. The number of thiophene rings is 1. The largest absolute Gasteiger partial charge is 0.465 e. The van der Waals surface area contributed by atoms with Crippen LogP contribution >= 0.6 is 11.3 Å². The Morgan fingerprint density at radius 3 is 2.47 bits per heavy atom. The molecule has 0 fully saturated rings. The minimum absolute atomic E-state index is 0.104. The van der Waals surface area contributed by atoms with Gasteiger partial charge in [-0.15, -0.1) is 11.3 Å². The van der Waals surface area contributed by atoms with Gasteiger partial charge in [-0.05, 0) is 38.5 Å². The summed E-state index contributed by atoms with van der Waals surface area (Å²) in [4.78, 5) is 42.7. The number of primary amides is 1. The predicted molar refractivity (Wildman–Crippen MR) is 130 cm³/mol. The third kappa shape index (κ3) is 3.81. The van der Waals surface area contributed by atoms with E-state index in [1.807, 2.05) is 39.1 Å². The van der Waals surface area contributed by atoms with Crippen LogP contribution in [0.4, 0.5) is 5.00 Å². The number of nitrogens with two attached hydrogens (primary N) is 1. The van der Waals surface area contributed by atoms with Crippen molar-refractivity contribution >= 4 is 45.0 Å². The van der Waals surface area contributed by atoms with Crippen molar-refractivity contribution in [1.82, 2.24) is 14.8 Å². The highest BCUT2D eigenvalue weighted by Crippen LogP contribution is 2.35. The number of hydrogen-bond acceptors (Lipinski definition) is 7. The van der Waals surface area contributed by atoms with Crippen molar-refractivity contribution in [3.05, 3.63) is 63.3 Å². The lowest BCUT2D eigenvalue weighted by atomic mass is 10.0. The maximum atomic E-state index is 13.5. The molecule has 10 heteroatoms. The molecular formula is C24H23N5O4S. The molecule has 1 aromatic carbocycles. The number of anilines is 1. The number of fused-ring (bicyclic) bond motifs is 1. The summed E-state index contributed by atoms with van der Waals surface area (Å²) in [5, 5.41) is 8.09. The fraction of sp³-hybridized carbons (Fsp3) is 0.208. The fourth-order valence-electron chi connectivity index (χ4n) is 3.99. The molecule has 0 aliphatic carbocycles. The van der Waals surface area contributed by atoms with E-state index in [4.69, 9.17) is 15.5 Å². The van der Waals surface area contributed by atoms with Crippen molar-refractivity contribution in [2.24, 2.45) is 12.8 Å². The molecule has 4 aromatic rings. The van der Waals surface area contributed by atoms with Crippen LogP contribution in [0.5, 0.6) is 0 Å². The molecule has 3 aromatic heterocycles. The molecule has 0 unspecified atom stereocenters. The molecule has 0 aliphatic rings. The number of nitrogens with one attached hydrogen (secondary N) is 1. The zero-order valence-corrected chi connectivity index (χ0v) is 20.2. The van der Waals surface area contributed by atoms with Gasteiger partial charge in [-0.25, -0.2) is 9.78 Å². The first-order valence-electron chi connectivity index (χ1n) is 10.4. The number of methoxy groups -OCH3 is 1. The van der Waals surface area contributed by atoms with Gasteiger partial charge in [-0.2, -0.15) is 5.10 Å². The number of aromatic nitrogens is 3. The Morgan fingerprint density at radius 1 is 1.15 bits per heavy atom. The Labute approximate surface area is 199 Å². The van der Waals surface area contributed by atoms with E-state index in [1.165, 1.54) is 7.11 Å². The number of carbonyl (C=O) groups is 3. The molecule has 0 saturated heterocycles. The van der Waals surface area contributed by atoms with Gasteiger partial charge in [0.25, 0.3) is 11.8 Å². The molecule has 0 atom stereocenters. The van der Waals surface area contributed by atoms with Crippen LogP contribution in [0.1, 0.15) is 47.3 Å². The van der Waals surface area contributed by atoms with Gasteiger partial charge in [0.2, 0.25) is 0 Å². The molecular weight excluding hydrogens is 454 g/mol. The molecule has 3 N–H and O–H groups in total. The van der Waals surface area contributed by atoms with Crippen molar-refractivity contribution in [2.45, 2.75) is 20.8 Å². The van der Waals surface area contributed by atoms with E-state index in [0.717, 1.165) is 28.3 Å². The number of para-hydroxylation sites is 1. The van der Waals surface area contributed by atoms with E-state index in [-0.39, 0.29) is 15.4 Å². The second kappa shape index (κ2) is 8.71. The first kappa shape index (κ1) is 23.1. The van der Waals surface area contributed by atoms with Crippen LogP contribution in [-0.2, 0) is 11.8 Å². The highest BCUT2D eigenvalue weighted by Gasteiger charge is 2.26. The first-order valence-corrected chi connectivity index (χ1v) is 11.2. The van der Waals surface area contributed by atoms with E-state index < -0.39 is 17.8 Å². The fourth-order valence-corrected chi connectivity index (χ4v) is 5.03. The standard InChI is InChI=1S/C24H23N5O4S/c1-11-18(24(32)33-5)23(34-20(11)21(25)30)27-22(31)15-10-17(19-12(2)28-29(4)13(19)3)26-16-9-7-6-8-14(15)16/h6-10H,1-5H3,(H2,25,30)(H,27,31). The lowest BCUT2D eigenvalue weighted by Crippen LogP contribution is -2.15. The number of aryl methyl sites for hydroxylation is 2. The zero-order chi connectivity index (χ0) is 24.7. The van der Waals surface area contributed by atoms with Crippen LogP contribution in [0.2, 0.25) is 0 Å². The Bertz CT molecular complexity index is 1480. The van der Waals surface area contributed by atoms with Crippen molar-refractivity contribution in [2.75, 3.05) is 12.4 Å². The van der Waals surface area contributed by atoms with Gasteiger partial charge in [-0.3, -0.25) is 14.3 Å². The van der Waals surface area contributed by atoms with Gasteiger partial charge in [0.15, 0.2) is 0 Å². The van der Waals surface area contributed by atoms with Crippen LogP contribution in [0, 0.1) is 20.8 Å². The lowest BCUT2D eigenvalue weighted by molar-refractivity contribution is 0.0601. The number of amides is 2. The van der Waals surface area contributed by atoms with Gasteiger partial charge < -0.3 is 15.8 Å². The van der Waals surface area contributed by atoms with E-state index >= 15 is 0 Å². The summed E-state index contributed by atoms with van der Waals surface area (Å²) in [7, 11) is 3.08. The normalized spacial score (nSPS) is 11.0. The Kier molecular flexibility index (Phi) is 5.92. The topological polar surface area (TPSA) is 129 Å². The highest BCUT2D eigenvalue weighted by molar-refractivity contribution is 7.18. The lowest BCUT2D eigenvalue weighted by Gasteiger charge is -2.11. The van der Waals surface area contributed by atoms with E-state index in [9.17, 15) is 14.4 Å². The molecule has 0 radical (unpaired) electrons. The molecule has 174 valence electrons. The predicted octanol–water partition coefficient (Wildman–Crippen LogP) is 3.76. The number of rotatable bonds is 5. The summed E-state index contributed by atoms with van der Waals surface area (Å²) >= 11 is 0.939. The van der Waals surface area contributed by atoms with Crippen LogP contribution in [-0.4, -0.2) is 39.7 Å². The van der Waals surface area contributed by atoms with Crippen LogP contribution < -0.4 is 11.1 Å². The molecule has 0 spiro atoms. The maximum Gasteiger partial charge on any atom is 0.341 e. The quantitative estimate of drug-likeness (QED) is 0.421. The number of hydrogen-bond donors (Lipinski definition) is 2. The number of carbonyl (C=O) groups excluding carboxylic acids is 3. The molecule has 0 bridgehead atoms. The summed E-state index contributed by atoms with van der Waals surface area (Å²) in [6.45, 7) is 5.42. The molecule has 0 aliphatic heterocycles. The molecule has 9 nitrogen and oxygen atoms in total. The number of benzene rings is 1. The maximum absolute atomic E-state index is 13.5. The second-order valence-corrected chi connectivity index (χ2v) is 8.83. The minimum Gasteiger partial charge on any atom is -0.465 e. The van der Waals surface area contributed by atoms with Crippen LogP contribution in [0.15, 0.2) is 30.3 Å². The highest BCUT2D eigenvalue weighted by atomic mass is 32.1. The number of ether oxygens (including phenoxy) is 1. The van der Waals surface area contributed by atoms with Crippen molar-refractivity contribution in [3.8, 4) is 11.3 Å². The second-order valence-electron chi connectivity index (χ2n) is 7.81. The summed E-state index contributed by atoms with van der Waals surface area (Å²) in [6, 6.07) is 9.01. The average molecular weight is 478 g/mol. The Balaban J connectivity index is 1.87. The first-order chi connectivity index (χ1) is 16.1. The third-order valence-electron chi connectivity index (χ3n) is 5.71. The van der Waals surface area contributed by atoms with Crippen LogP contribution in [0.3, 0.4) is 0 Å². The number of pyridine rings is 1. The van der Waals surface area contributed by atoms with E-state index in [0.29, 0.717) is 27.7 Å². The van der Waals surface area contributed by atoms with Gasteiger partial charge >= 0.3 is 5.97 Å². The van der Waals surface area contributed by atoms with Gasteiger partial charge in [0, 0.05) is 23.7 Å². The number of esters is 1. The Morgan fingerprint density at radius 2 is 1.85 bits per heavy atom. The van der Waals surface area contributed by atoms with Crippen molar-refractivity contribution < 1.29 is 19.1 Å². The Hall–Kier alpha value is -4.05. The van der Waals surface area contributed by atoms with Crippen molar-refractivity contribution in [3.63, 3.8) is 0 Å². The summed E-state index contributed by atoms with van der Waals surface area (Å²) in [5.74, 6) is -1.81. The van der Waals surface area contributed by atoms with Gasteiger partial charge in [-0.1, -0.05) is 18.2 Å². The van der Waals surface area contributed by atoms with E-state index in [1.54, 1.807) is 23.7 Å². The summed E-state index contributed by atoms with van der Waals surface area (Å²) in [5.41, 5.74) is 10.1. The molecule has 34 heavy (non-hydrogen) atoms. The zero-order valence-electron chi connectivity index (χ0n) is 19.3. The monoisotopic (exact) mass is 477 g/mol. The molecule has 2 amide bonds. The average Bonchev–Trinajstić information content (AvgIpc) is 3.26. The van der Waals surface area contributed by atoms with Crippen molar-refractivity contribution in [1.29, 1.82) is 0 Å². The molecule has 3 heterocycles. The van der Waals surface area contributed by atoms with E-state index in [2.05, 4.69) is 10.4 Å². The van der Waals surface area contributed by atoms with Crippen LogP contribution in [0.25, 0.3) is 22.2 Å². The summed E-state index contributed by atoms with van der Waals surface area (Å²) in [6.07, 6.45) is 0. The third-order valence-corrected chi connectivity index (χ3v) is 6.93. The smallest absolute Gasteiger partial charge is 0.341 e. The molecule has 4 rings (SSSR count).